The van der Waals surface area contributed by atoms with E-state index >= 15 is 0 Å². The fraction of sp³-hybridized carbons (Fsp3) is 0.294. The molecule has 0 bridgehead atoms. The summed E-state index contributed by atoms with van der Waals surface area (Å²) in [6.45, 7) is 4.18. The van der Waals surface area contributed by atoms with Crippen LogP contribution >= 0.6 is 11.8 Å². The van der Waals surface area contributed by atoms with E-state index in [1.807, 2.05) is 6.92 Å². The lowest BCUT2D eigenvalue weighted by Crippen LogP contribution is -2.11. The number of hydrogen-bond donors (Lipinski definition) is 1. The van der Waals surface area contributed by atoms with Gasteiger partial charge in [0.2, 0.25) is 10.0 Å². The molecule has 2 aromatic rings. The normalized spacial score (nSPS) is 10.7. The van der Waals surface area contributed by atoms with Gasteiger partial charge in [-0.2, -0.15) is 0 Å². The average molecular weight is 338 g/mol. The Morgan fingerprint density at radius 1 is 0.864 bits per heavy atom. The second-order valence-corrected chi connectivity index (χ2v) is 7.19. The van der Waals surface area contributed by atoms with Gasteiger partial charge in [-0.3, -0.25) is 0 Å². The van der Waals surface area contributed by atoms with Gasteiger partial charge in [0, 0.05) is 4.90 Å². The summed E-state index contributed by atoms with van der Waals surface area (Å²) in [4.78, 5) is 1.51. The van der Waals surface area contributed by atoms with E-state index in [0.717, 1.165) is 18.4 Å². The molecule has 2 rings (SSSR count). The highest BCUT2D eigenvalue weighted by Gasteiger charge is 2.05. The molecule has 0 aromatic heterocycles. The van der Waals surface area contributed by atoms with Crippen LogP contribution in [-0.2, 0) is 22.9 Å². The van der Waals surface area contributed by atoms with E-state index in [0.29, 0.717) is 0 Å². The minimum absolute atomic E-state index is 0.166. The Morgan fingerprint density at radius 3 is 1.59 bits per heavy atom. The Labute approximate surface area is 138 Å². The number of rotatable bonds is 4. The summed E-state index contributed by atoms with van der Waals surface area (Å²) < 4.78 is 21.6. The van der Waals surface area contributed by atoms with Crippen molar-refractivity contribution in [3.63, 3.8) is 0 Å². The first-order valence-corrected chi connectivity index (χ1v) is 9.92. The van der Waals surface area contributed by atoms with E-state index in [-0.39, 0.29) is 4.90 Å². The number of sulfonamides is 1. The van der Waals surface area contributed by atoms with Gasteiger partial charge in [-0.15, -0.1) is 11.8 Å². The molecule has 2 aromatic carbocycles. The Hall–Kier alpha value is -1.30. The van der Waals surface area contributed by atoms with E-state index in [9.17, 15) is 8.42 Å². The van der Waals surface area contributed by atoms with Crippen LogP contribution in [0.3, 0.4) is 0 Å². The molecule has 0 spiro atoms. The van der Waals surface area contributed by atoms with Crippen molar-refractivity contribution in [3.05, 3.63) is 59.7 Å². The second kappa shape index (κ2) is 8.98. The highest BCUT2D eigenvalue weighted by atomic mass is 32.2. The van der Waals surface area contributed by atoms with Crippen LogP contribution in [0, 0.1) is 0 Å². The minimum Gasteiger partial charge on any atom is -0.225 e. The molecule has 0 aliphatic heterocycles. The topological polar surface area (TPSA) is 60.2 Å². The molecule has 0 radical (unpaired) electrons. The van der Waals surface area contributed by atoms with Crippen LogP contribution < -0.4 is 5.14 Å². The SMILES string of the molecule is CCc1ccc(S(N)(=O)=O)cc1.CCc1ccc(SC)cc1. The van der Waals surface area contributed by atoms with Gasteiger partial charge in [-0.05, 0) is 54.5 Å². The number of thioether (sulfide) groups is 1. The molecular weight excluding hydrogens is 314 g/mol. The van der Waals surface area contributed by atoms with Gasteiger partial charge in [0.25, 0.3) is 0 Å². The number of primary sulfonamides is 1. The standard InChI is InChI=1S/C9H12S.C8H11NO2S/c1-3-8-4-6-9(10-2)7-5-8;1-2-7-3-5-8(6-4-7)12(9,10)11/h4-7H,3H2,1-2H3;3-6H,2H2,1H3,(H2,9,10,11). The molecule has 0 heterocycles. The zero-order valence-corrected chi connectivity index (χ0v) is 14.9. The van der Waals surface area contributed by atoms with Crippen LogP contribution in [0.5, 0.6) is 0 Å². The lowest BCUT2D eigenvalue weighted by Gasteiger charge is -1.98. The van der Waals surface area contributed by atoms with Gasteiger partial charge in [-0.1, -0.05) is 38.1 Å². The van der Waals surface area contributed by atoms with Crippen molar-refractivity contribution < 1.29 is 8.42 Å². The number of aryl methyl sites for hydroxylation is 2. The molecule has 0 amide bonds. The molecule has 22 heavy (non-hydrogen) atoms. The Bertz CT molecular complexity index is 640. The van der Waals surface area contributed by atoms with Crippen molar-refractivity contribution >= 4 is 21.8 Å². The predicted molar refractivity (Wildman–Crippen MR) is 94.8 cm³/mol. The summed E-state index contributed by atoms with van der Waals surface area (Å²) in [6, 6.07) is 15.3. The number of nitrogens with two attached hydrogens (primary N) is 1. The lowest BCUT2D eigenvalue weighted by molar-refractivity contribution is 0.598. The van der Waals surface area contributed by atoms with Crippen molar-refractivity contribution in [1.29, 1.82) is 0 Å². The van der Waals surface area contributed by atoms with Crippen molar-refractivity contribution in [2.24, 2.45) is 5.14 Å². The summed E-state index contributed by atoms with van der Waals surface area (Å²) in [5.74, 6) is 0. The van der Waals surface area contributed by atoms with Gasteiger partial charge >= 0.3 is 0 Å². The number of benzene rings is 2. The maximum Gasteiger partial charge on any atom is 0.238 e. The highest BCUT2D eigenvalue weighted by Crippen LogP contribution is 2.14. The third kappa shape index (κ3) is 6.22. The van der Waals surface area contributed by atoms with Crippen LogP contribution in [0.25, 0.3) is 0 Å². The maximum absolute atomic E-state index is 10.8. The molecule has 0 unspecified atom stereocenters. The molecule has 5 heteroatoms. The van der Waals surface area contributed by atoms with Crippen LogP contribution in [0.4, 0.5) is 0 Å². The van der Waals surface area contributed by atoms with Gasteiger partial charge in [0.05, 0.1) is 4.90 Å². The average Bonchev–Trinajstić information content (AvgIpc) is 2.55. The fourth-order valence-electron chi connectivity index (χ4n) is 1.78. The van der Waals surface area contributed by atoms with Crippen molar-refractivity contribution in [2.75, 3.05) is 6.26 Å². The van der Waals surface area contributed by atoms with Crippen LogP contribution in [0.2, 0.25) is 0 Å². The summed E-state index contributed by atoms with van der Waals surface area (Å²) in [6.07, 6.45) is 4.13. The van der Waals surface area contributed by atoms with Crippen LogP contribution in [-0.4, -0.2) is 14.7 Å². The molecular formula is C17H23NO2S2. The first kappa shape index (κ1) is 18.7. The van der Waals surface area contributed by atoms with E-state index in [2.05, 4.69) is 37.4 Å². The monoisotopic (exact) mass is 337 g/mol. The third-order valence-electron chi connectivity index (χ3n) is 3.23. The highest BCUT2D eigenvalue weighted by molar-refractivity contribution is 7.98. The fourth-order valence-corrected chi connectivity index (χ4v) is 2.70. The molecule has 0 aliphatic rings. The smallest absolute Gasteiger partial charge is 0.225 e. The maximum atomic E-state index is 10.8. The Balaban J connectivity index is 0.000000224. The third-order valence-corrected chi connectivity index (χ3v) is 4.90. The van der Waals surface area contributed by atoms with E-state index < -0.39 is 10.0 Å². The zero-order chi connectivity index (χ0) is 16.6. The zero-order valence-electron chi connectivity index (χ0n) is 13.2. The molecule has 0 saturated heterocycles. The molecule has 0 saturated carbocycles. The first-order valence-electron chi connectivity index (χ1n) is 7.15. The molecule has 120 valence electrons. The summed E-state index contributed by atoms with van der Waals surface area (Å²) in [7, 11) is -3.53. The summed E-state index contributed by atoms with van der Waals surface area (Å²) in [5, 5.41) is 4.92. The molecule has 3 nitrogen and oxygen atoms in total. The molecule has 2 N–H and O–H groups in total. The van der Waals surface area contributed by atoms with E-state index in [1.54, 1.807) is 23.9 Å². The minimum atomic E-state index is -3.53. The van der Waals surface area contributed by atoms with Gasteiger partial charge in [-0.25, -0.2) is 13.6 Å². The van der Waals surface area contributed by atoms with Crippen molar-refractivity contribution in [3.8, 4) is 0 Å². The van der Waals surface area contributed by atoms with E-state index in [4.69, 9.17) is 5.14 Å². The Morgan fingerprint density at radius 2 is 1.27 bits per heavy atom. The van der Waals surface area contributed by atoms with Gasteiger partial charge < -0.3 is 0 Å². The predicted octanol–water partition coefficient (Wildman–Crippen LogP) is 3.87. The molecule has 0 aliphatic carbocycles. The molecule has 0 fully saturated rings. The second-order valence-electron chi connectivity index (χ2n) is 4.74. The number of hydrogen-bond acceptors (Lipinski definition) is 3. The van der Waals surface area contributed by atoms with Gasteiger partial charge in [0.1, 0.15) is 0 Å². The quantitative estimate of drug-likeness (QED) is 0.862. The molecule has 0 atom stereocenters. The van der Waals surface area contributed by atoms with Crippen LogP contribution in [0.15, 0.2) is 58.3 Å². The van der Waals surface area contributed by atoms with Crippen LogP contribution in [0.1, 0.15) is 25.0 Å². The lowest BCUT2D eigenvalue weighted by atomic mass is 10.2. The van der Waals surface area contributed by atoms with Crippen molar-refractivity contribution in [1.82, 2.24) is 0 Å². The Kier molecular flexibility index (Phi) is 7.65. The van der Waals surface area contributed by atoms with Gasteiger partial charge in [0.15, 0.2) is 0 Å². The van der Waals surface area contributed by atoms with E-state index in [1.165, 1.54) is 22.6 Å². The summed E-state index contributed by atoms with van der Waals surface area (Å²) in [5.41, 5.74) is 2.51. The first-order chi connectivity index (χ1) is 10.4. The van der Waals surface area contributed by atoms with Crippen molar-refractivity contribution in [2.45, 2.75) is 36.5 Å². The summed E-state index contributed by atoms with van der Waals surface area (Å²) >= 11 is 1.79. The largest absolute Gasteiger partial charge is 0.238 e.